The van der Waals surface area contributed by atoms with Crippen LogP contribution in [0.25, 0.3) is 11.0 Å². The van der Waals surface area contributed by atoms with Crippen molar-refractivity contribution in [1.82, 2.24) is 19.9 Å². The summed E-state index contributed by atoms with van der Waals surface area (Å²) in [6.45, 7) is 2.79. The van der Waals surface area contributed by atoms with E-state index in [1.807, 2.05) is 36.4 Å². The van der Waals surface area contributed by atoms with E-state index in [1.54, 1.807) is 34.1 Å². The molecule has 2 aliphatic heterocycles. The van der Waals surface area contributed by atoms with Crippen LogP contribution >= 0.6 is 0 Å². The molecule has 2 saturated heterocycles. The fraction of sp³-hybridized carbons (Fsp3) is 0.524. The molecular formula is C42H56N8O9. The quantitative estimate of drug-likeness (QED) is 0.0842. The van der Waals surface area contributed by atoms with E-state index < -0.39 is 24.1 Å². The van der Waals surface area contributed by atoms with Crippen LogP contribution in [0.15, 0.2) is 60.7 Å². The van der Waals surface area contributed by atoms with Crippen LogP contribution in [0.3, 0.4) is 0 Å². The molecule has 59 heavy (non-hydrogen) atoms. The number of fused-ring (bicyclic) bond motifs is 1. The summed E-state index contributed by atoms with van der Waals surface area (Å²) in [5.74, 6) is -0.413. The predicted molar refractivity (Wildman–Crippen MR) is 222 cm³/mol. The average Bonchev–Trinajstić information content (AvgIpc) is 3.27. The number of aliphatic hydroxyl groups is 3. The number of aliphatic hydroxyl groups excluding tert-OH is 3. The Kier molecular flexibility index (Phi) is 16.4. The second kappa shape index (κ2) is 22.2. The number of carbonyl (C=O) groups is 2. The highest BCUT2D eigenvalue weighted by atomic mass is 16.6. The first-order valence-corrected chi connectivity index (χ1v) is 20.5. The summed E-state index contributed by atoms with van der Waals surface area (Å²) in [6.07, 6.45) is 2.81. The summed E-state index contributed by atoms with van der Waals surface area (Å²) >= 11 is 0. The molecule has 2 aromatic carbocycles. The van der Waals surface area contributed by atoms with Crippen molar-refractivity contribution in [1.29, 1.82) is 0 Å². The highest BCUT2D eigenvalue weighted by Crippen LogP contribution is 2.35. The maximum atomic E-state index is 13.8. The van der Waals surface area contributed by atoms with E-state index in [-0.39, 0.29) is 71.8 Å². The van der Waals surface area contributed by atoms with E-state index in [9.17, 15) is 30.0 Å². The first-order valence-electron chi connectivity index (χ1n) is 20.5. The van der Waals surface area contributed by atoms with Gasteiger partial charge in [-0.1, -0.05) is 60.7 Å². The average molecular weight is 817 g/mol. The highest BCUT2D eigenvalue weighted by molar-refractivity contribution is 5.95. The Balaban J connectivity index is 1.30. The van der Waals surface area contributed by atoms with Crippen molar-refractivity contribution in [2.24, 2.45) is 0 Å². The number of aromatic nitrogens is 4. The van der Waals surface area contributed by atoms with Gasteiger partial charge in [0.25, 0.3) is 0 Å². The summed E-state index contributed by atoms with van der Waals surface area (Å²) in [4.78, 5) is 54.3. The lowest BCUT2D eigenvalue weighted by atomic mass is 10.1. The molecule has 17 nitrogen and oxygen atoms in total. The van der Waals surface area contributed by atoms with Crippen LogP contribution in [0.1, 0.15) is 49.7 Å². The Morgan fingerprint density at radius 3 is 1.44 bits per heavy atom. The maximum Gasteiger partial charge on any atom is 0.338 e. The van der Waals surface area contributed by atoms with E-state index in [4.69, 9.17) is 34.1 Å². The minimum Gasteiger partial charge on any atom is -0.479 e. The molecule has 17 heteroatoms. The molecule has 0 amide bonds. The van der Waals surface area contributed by atoms with E-state index in [0.29, 0.717) is 28.6 Å². The van der Waals surface area contributed by atoms with Gasteiger partial charge in [-0.2, -0.15) is 9.97 Å². The fourth-order valence-corrected chi connectivity index (χ4v) is 7.31. The zero-order valence-electron chi connectivity index (χ0n) is 33.5. The van der Waals surface area contributed by atoms with Gasteiger partial charge in [-0.25, -0.2) is 19.6 Å². The summed E-state index contributed by atoms with van der Waals surface area (Å²) in [7, 11) is 0. The molecule has 6 rings (SSSR count). The molecule has 0 saturated carbocycles. The molecule has 0 aliphatic carbocycles. The van der Waals surface area contributed by atoms with E-state index in [0.717, 1.165) is 75.8 Å². The third-order valence-corrected chi connectivity index (χ3v) is 10.4. The van der Waals surface area contributed by atoms with Crippen molar-refractivity contribution < 1.29 is 44.2 Å². The first-order chi connectivity index (χ1) is 28.9. The monoisotopic (exact) mass is 816 g/mol. The van der Waals surface area contributed by atoms with E-state index >= 15 is 0 Å². The molecular weight excluding hydrogens is 761 g/mol. The molecule has 0 bridgehead atoms. The molecule has 4 heterocycles. The number of carboxylic acid groups (broad SMARTS) is 1. The maximum absolute atomic E-state index is 13.8. The van der Waals surface area contributed by atoms with Crippen molar-refractivity contribution in [2.75, 3.05) is 98.4 Å². The van der Waals surface area contributed by atoms with Crippen LogP contribution in [0, 0.1) is 0 Å². The van der Waals surface area contributed by atoms with Crippen molar-refractivity contribution >= 4 is 46.5 Å². The molecule has 4 aromatic rings. The van der Waals surface area contributed by atoms with Crippen LogP contribution in [0.2, 0.25) is 0 Å². The molecule has 0 unspecified atom stereocenters. The fourth-order valence-electron chi connectivity index (χ4n) is 7.31. The molecule has 0 spiro atoms. The Morgan fingerprint density at radius 1 is 0.593 bits per heavy atom. The number of hydrogen-bond donors (Lipinski definition) is 4. The number of benzene rings is 2. The molecule has 0 radical (unpaired) electrons. The number of piperidine rings is 2. The van der Waals surface area contributed by atoms with Gasteiger partial charge in [0.2, 0.25) is 11.9 Å². The van der Waals surface area contributed by atoms with Crippen LogP contribution in [-0.4, -0.2) is 143 Å². The molecule has 2 atom stereocenters. The summed E-state index contributed by atoms with van der Waals surface area (Å²) in [5, 5.41) is 40.2. The lowest BCUT2D eigenvalue weighted by Gasteiger charge is -2.33. The second-order valence-electron chi connectivity index (χ2n) is 14.6. The predicted octanol–water partition coefficient (Wildman–Crippen LogP) is 2.79. The second-order valence-corrected chi connectivity index (χ2v) is 14.6. The lowest BCUT2D eigenvalue weighted by Crippen LogP contribution is -2.45. The number of carbonyl (C=O) groups excluding carboxylic acids is 1. The molecule has 2 aliphatic rings. The van der Waals surface area contributed by atoms with Crippen molar-refractivity contribution in [3.05, 3.63) is 71.8 Å². The van der Waals surface area contributed by atoms with Crippen LogP contribution in [0.5, 0.6) is 0 Å². The van der Waals surface area contributed by atoms with Crippen LogP contribution in [0.4, 0.5) is 23.5 Å². The van der Waals surface area contributed by atoms with Gasteiger partial charge < -0.3 is 54.2 Å². The number of carboxylic acids is 1. The van der Waals surface area contributed by atoms with Crippen molar-refractivity contribution in [3.63, 3.8) is 0 Å². The number of anilines is 4. The Labute approximate surface area is 344 Å². The zero-order chi connectivity index (χ0) is 41.4. The minimum absolute atomic E-state index is 0.0547. The third-order valence-electron chi connectivity index (χ3n) is 10.4. The molecule has 4 N–H and O–H groups in total. The molecule has 2 fully saturated rings. The van der Waals surface area contributed by atoms with E-state index in [1.165, 1.54) is 0 Å². The normalized spacial score (nSPS) is 15.5. The summed E-state index contributed by atoms with van der Waals surface area (Å²) < 4.78 is 17.5. The van der Waals surface area contributed by atoms with Gasteiger partial charge >= 0.3 is 11.9 Å². The van der Waals surface area contributed by atoms with Gasteiger partial charge in [0.05, 0.1) is 39.6 Å². The number of nitrogens with zero attached hydrogens (tertiary/aromatic N) is 8. The Hall–Kier alpha value is -5.20. The molecule has 2 aromatic heterocycles. The van der Waals surface area contributed by atoms with E-state index in [2.05, 4.69) is 9.80 Å². The van der Waals surface area contributed by atoms with Crippen molar-refractivity contribution in [3.8, 4) is 0 Å². The van der Waals surface area contributed by atoms with Gasteiger partial charge in [-0.3, -0.25) is 0 Å². The van der Waals surface area contributed by atoms with Gasteiger partial charge in [-0.05, 0) is 49.7 Å². The van der Waals surface area contributed by atoms with Crippen LogP contribution in [-0.2, 0) is 37.0 Å². The minimum atomic E-state index is -1.67. The number of rotatable bonds is 22. The third kappa shape index (κ3) is 11.7. The van der Waals surface area contributed by atoms with Gasteiger partial charge in [0, 0.05) is 45.8 Å². The zero-order valence-corrected chi connectivity index (χ0v) is 33.5. The van der Waals surface area contributed by atoms with Crippen molar-refractivity contribution in [2.45, 2.75) is 63.9 Å². The number of aliphatic carboxylic acids is 1. The topological polar surface area (TPSA) is 207 Å². The Morgan fingerprint density at radius 2 is 1.02 bits per heavy atom. The smallest absolute Gasteiger partial charge is 0.338 e. The SMILES string of the molecule is O=C(O)[C@@H](OCc1ccccc1)[C@H](OCc1ccccc1)C(=O)OCCN(CCO)c1nc(N2CCCCC2)c2nc(N(CCO)CCO)nc(N3CCCCC3)c2n1. The number of hydrogen-bond acceptors (Lipinski definition) is 16. The number of esters is 1. The van der Waals surface area contributed by atoms with Gasteiger partial charge in [-0.15, -0.1) is 0 Å². The standard InChI is InChI=1S/C42H56N8O9/c51-25-21-49(22-26-52)41-43-33-34(37(45-41)47-17-9-3-10-18-47)44-42(46-38(33)48-19-11-4-12-20-48)50(23-27-53)24-28-57-40(56)36(59-30-32-15-7-2-8-16-32)35(39(54)55)58-29-31-13-5-1-6-14-31/h1-2,5-8,13-16,35-36,51-53H,3-4,9-12,17-30H2,(H,54,55)/t35-,36-/m0/s1. The van der Waals surface area contributed by atoms with Crippen LogP contribution < -0.4 is 19.6 Å². The summed E-state index contributed by atoms with van der Waals surface area (Å²) in [6, 6.07) is 18.1. The lowest BCUT2D eigenvalue weighted by molar-refractivity contribution is -0.182. The van der Waals surface area contributed by atoms with Gasteiger partial charge in [0.15, 0.2) is 23.8 Å². The first kappa shape index (κ1) is 43.4. The highest BCUT2D eigenvalue weighted by Gasteiger charge is 2.38. The summed E-state index contributed by atoms with van der Waals surface area (Å²) in [5.41, 5.74) is 2.54. The molecule has 318 valence electrons. The van der Waals surface area contributed by atoms with Gasteiger partial charge in [0.1, 0.15) is 17.6 Å². The largest absolute Gasteiger partial charge is 0.479 e. The Bertz CT molecular complexity index is 1910. The number of ether oxygens (including phenoxy) is 3.